The maximum atomic E-state index is 13.5. The van der Waals surface area contributed by atoms with E-state index in [1.165, 1.54) is 61.4 Å². The van der Waals surface area contributed by atoms with Crippen molar-refractivity contribution < 1.29 is 33.5 Å². The first-order valence-electron chi connectivity index (χ1n) is 54.0. The summed E-state index contributed by atoms with van der Waals surface area (Å²) in [6.07, 6.45) is 19.2. The molecule has 6 N–H and O–H groups in total. The zero-order chi connectivity index (χ0) is 107. The predicted molar refractivity (Wildman–Crippen MR) is 585 cm³/mol. The molecule has 772 valence electrons. The molecule has 14 aliphatic rings. The molecular weight excluding hydrogens is 1860 g/mol. The van der Waals surface area contributed by atoms with Gasteiger partial charge in [0.25, 0.3) is 0 Å². The number of Topliss-reactive ketones (excluding diaryl/α,β-unsaturated/α-hetero) is 6. The van der Waals surface area contributed by atoms with E-state index in [9.17, 15) is 28.8 Å². The number of fused-ring (bicyclic) bond motifs is 14. The molecule has 7 heterocycles. The van der Waals surface area contributed by atoms with Crippen LogP contribution in [0.25, 0.3) is 14.5 Å². The Morgan fingerprint density at radius 1 is 0.307 bits per heavy atom. The number of aromatic nitrogens is 12. The first-order valence-corrected chi connectivity index (χ1v) is 54.0. The molecule has 0 bridgehead atoms. The smallest absolute Gasteiger partial charge is 0.187 e. The Morgan fingerprint density at radius 3 is 0.927 bits per heavy atom. The van der Waals surface area contributed by atoms with Crippen LogP contribution in [0.1, 0.15) is 356 Å². The average Bonchev–Trinajstić information content (AvgIpc) is 1.46. The first-order chi connectivity index (χ1) is 71.0. The summed E-state index contributed by atoms with van der Waals surface area (Å²) in [7, 11) is 0. The number of hydrogen-bond donors (Lipinski definition) is 6. The molecule has 1 aliphatic heterocycles. The number of carbonyl (C=O) groups is 6. The Morgan fingerprint density at radius 2 is 0.580 bits per heavy atom. The van der Waals surface area contributed by atoms with Crippen LogP contribution in [0.3, 0.4) is 0 Å². The van der Waals surface area contributed by atoms with Crippen molar-refractivity contribution >= 4 is 51.8 Å². The topological polar surface area (TPSA) is 297 Å². The fraction of sp³-hybridized carbons (Fsp3) is 0.461. The Bertz CT molecular complexity index is 7520. The summed E-state index contributed by atoms with van der Waals surface area (Å²) in [6.45, 7) is 72.0. The second kappa shape index (κ2) is 37.0. The minimum atomic E-state index is -0.561. The number of para-hydroxylation sites is 1. The van der Waals surface area contributed by atoms with Gasteiger partial charge in [-0.25, -0.2) is 14.5 Å². The van der Waals surface area contributed by atoms with Gasteiger partial charge in [0.15, 0.2) is 51.8 Å². The number of allylic oxidation sites excluding steroid dienone is 11. The van der Waals surface area contributed by atoms with Gasteiger partial charge < -0.3 is 4.74 Å². The van der Waals surface area contributed by atoms with Crippen molar-refractivity contribution in [2.24, 2.45) is 32.5 Å². The lowest BCUT2D eigenvalue weighted by molar-refractivity contribution is -0.119. The van der Waals surface area contributed by atoms with Crippen molar-refractivity contribution in [3.05, 3.63) is 358 Å². The van der Waals surface area contributed by atoms with Crippen molar-refractivity contribution in [1.82, 2.24) is 61.2 Å². The van der Waals surface area contributed by atoms with Crippen LogP contribution < -0.4 is 4.74 Å². The zero-order valence-electron chi connectivity index (χ0n) is 91.9. The largest absolute Gasteiger partial charge is 0.492 e. The molecule has 2 spiro atoms. The van der Waals surface area contributed by atoms with Crippen LogP contribution in [0.5, 0.6) is 5.75 Å². The van der Waals surface area contributed by atoms with E-state index in [4.69, 9.17) is 24.5 Å². The number of ketones is 6. The fourth-order valence-corrected chi connectivity index (χ4v) is 31.0. The Hall–Kier alpha value is -13.9. The second-order valence-corrected chi connectivity index (χ2v) is 50.9. The molecule has 5 atom stereocenters. The minimum Gasteiger partial charge on any atom is -0.492 e. The number of aromatic amines is 6. The van der Waals surface area contributed by atoms with E-state index in [-0.39, 0.29) is 66.5 Å². The molecule has 5 aromatic carbocycles. The number of benzene rings is 5. The Kier molecular flexibility index (Phi) is 25.5. The monoisotopic (exact) mass is 2000 g/mol. The molecule has 0 saturated heterocycles. The number of ether oxygens (including phenoxy) is 1. The van der Waals surface area contributed by atoms with E-state index in [1.54, 1.807) is 0 Å². The number of rotatable bonds is 5. The van der Waals surface area contributed by atoms with E-state index >= 15 is 0 Å². The molecule has 0 radical (unpaired) electrons. The van der Waals surface area contributed by atoms with Gasteiger partial charge in [-0.15, -0.1) is 0 Å². The summed E-state index contributed by atoms with van der Waals surface area (Å²) in [5.74, 6) is 2.60. The van der Waals surface area contributed by atoms with Crippen LogP contribution in [0.4, 0.5) is 17.1 Å². The molecule has 0 fully saturated rings. The third-order valence-corrected chi connectivity index (χ3v) is 36.0. The standard InChI is InChI=1S/C23H26N2O.3C22H23N3O.C21H22N2O2.C18H26N2O/c1-14-20-18(25-24-14)11-16-12-22(2,3)13-19(26)21(16)23(20)10-6-8-15-7-4-5-9-17(15)23;3*1-13-19-17(25-24-13)9-14-11-21(2,3)12-18(26)20(14)22(19,4)15-7-6-8-16(10-15)23-5;1-12-18-15(23-22-12)8-13-9-20(2,3)10-16(24)19(13)21(18)11-25-17-7-5-4-6-14(17)21;1-6-18(7-2)15-11(3)19-20-13(15)8-12-9-17(4,5)10-14(21)16(12)18/h4-5,7,9H,6,8,10-13H2,1-3H3,(H,24,25);3*6-8,10H,9,11-12H2,1-4H3,(H,24,25);4-7H,8-11H2,1-3H3,(H,22,23);6-10H2,1-5H3,(H,19,20)/t;2*22-;;;/m.10.../s1. The number of nitrogens with zero attached hydrogens (tertiary/aromatic N) is 9. The average molecular weight is 2000 g/mol. The molecule has 6 aromatic heterocycles. The number of nitrogens with one attached hydrogen (secondary N) is 6. The maximum Gasteiger partial charge on any atom is 0.187 e. The number of H-pyrrole nitrogens is 6. The van der Waals surface area contributed by atoms with Crippen molar-refractivity contribution in [2.75, 3.05) is 6.61 Å². The van der Waals surface area contributed by atoms with Crippen LogP contribution in [0.2, 0.25) is 0 Å². The van der Waals surface area contributed by atoms with E-state index in [0.717, 1.165) is 255 Å². The van der Waals surface area contributed by atoms with Gasteiger partial charge in [-0.1, -0.05) is 246 Å². The summed E-state index contributed by atoms with van der Waals surface area (Å²) >= 11 is 0. The second-order valence-electron chi connectivity index (χ2n) is 50.9. The van der Waals surface area contributed by atoms with Crippen molar-refractivity contribution in [3.8, 4) is 5.75 Å². The molecule has 22 nitrogen and oxygen atoms in total. The van der Waals surface area contributed by atoms with Gasteiger partial charge in [0.05, 0.1) is 64.7 Å². The van der Waals surface area contributed by atoms with Crippen LogP contribution in [-0.4, -0.2) is 102 Å². The summed E-state index contributed by atoms with van der Waals surface area (Å²) in [5, 5.41) is 46.4. The van der Waals surface area contributed by atoms with Crippen LogP contribution in [0.15, 0.2) is 188 Å². The molecule has 25 rings (SSSR count). The Balaban J connectivity index is 0.000000109. The number of hydrogen-bond acceptors (Lipinski definition) is 13. The first kappa shape index (κ1) is 103. The summed E-state index contributed by atoms with van der Waals surface area (Å²) in [5.41, 5.74) is 39.6. The van der Waals surface area contributed by atoms with Gasteiger partial charge >= 0.3 is 0 Å². The molecule has 0 amide bonds. The molecule has 3 unspecified atom stereocenters. The quantitative estimate of drug-likeness (QED) is 0.0875. The lowest BCUT2D eigenvalue weighted by atomic mass is 9.54. The zero-order valence-corrected chi connectivity index (χ0v) is 91.9. The molecule has 0 saturated carbocycles. The van der Waals surface area contributed by atoms with Crippen molar-refractivity contribution in [3.63, 3.8) is 0 Å². The van der Waals surface area contributed by atoms with E-state index in [2.05, 4.69) is 245 Å². The van der Waals surface area contributed by atoms with Crippen molar-refractivity contribution in [2.45, 2.75) is 339 Å². The highest BCUT2D eigenvalue weighted by Gasteiger charge is 2.60. The lowest BCUT2D eigenvalue weighted by Crippen LogP contribution is -2.44. The minimum absolute atomic E-state index is 0.0128. The van der Waals surface area contributed by atoms with E-state index in [1.807, 2.05) is 112 Å². The summed E-state index contributed by atoms with van der Waals surface area (Å²) in [6, 6.07) is 40.0. The highest BCUT2D eigenvalue weighted by Crippen LogP contribution is 2.64. The summed E-state index contributed by atoms with van der Waals surface area (Å²) in [4.78, 5) is 90.4. The van der Waals surface area contributed by atoms with Crippen LogP contribution in [0, 0.1) is 93.7 Å². The van der Waals surface area contributed by atoms with Gasteiger partial charge in [-0.3, -0.25) is 59.4 Å². The summed E-state index contributed by atoms with van der Waals surface area (Å²) < 4.78 is 6.09. The SMILES string of the molecule is CCC1(CC)C2=C(Cc3n[nH]c(C)c31)CC(C)(C)CC2=O.Cc1[nH]nc2c1C1(CCCc3ccccc31)C1=C(C2)CC(C)(C)CC1=O.Cc1[nH]nc2c1C1(COc3ccccc31)C1=C(C2)CC(C)(C)CC1=O.[C-]#[N+]c1cccc(C2(C)C3=C(Cc4n[nH]c(C)c42)CC(C)(C)CC3=O)c1.[C-]#[N+]c1cccc([C@@]2(C)C3=C(Cc4n[nH]c(C)c42)CC(C)(C)CC3=O)c1.[C-]#[N+]c1cccc([C@]2(C)C3=C(Cc4n[nH]c(C)c42)CC(C)(C)CC3=O)c1. The molecule has 11 aromatic rings. The number of aryl methyl sites for hydroxylation is 7. The van der Waals surface area contributed by atoms with Gasteiger partial charge in [0, 0.05) is 205 Å². The predicted octanol–water partition coefficient (Wildman–Crippen LogP) is 26.7. The lowest BCUT2D eigenvalue weighted by Gasteiger charge is -2.48. The highest BCUT2D eigenvalue weighted by molar-refractivity contribution is 6.06. The van der Waals surface area contributed by atoms with Gasteiger partial charge in [-0.2, -0.15) is 30.6 Å². The third kappa shape index (κ3) is 16.9. The fourth-order valence-electron chi connectivity index (χ4n) is 31.0. The molecular formula is C128H143N15O7. The molecule has 150 heavy (non-hydrogen) atoms. The van der Waals surface area contributed by atoms with Crippen LogP contribution >= 0.6 is 0 Å². The van der Waals surface area contributed by atoms with E-state index < -0.39 is 21.7 Å². The van der Waals surface area contributed by atoms with Gasteiger partial charge in [-0.05, 0) is 199 Å². The van der Waals surface area contributed by atoms with Crippen LogP contribution in [-0.2, 0) is 106 Å². The maximum absolute atomic E-state index is 13.5. The normalized spacial score (nSPS) is 24.7. The Labute approximate surface area is 882 Å². The molecule has 13 aliphatic carbocycles. The van der Waals surface area contributed by atoms with E-state index in [0.29, 0.717) is 73.8 Å². The van der Waals surface area contributed by atoms with Gasteiger partial charge in [0.1, 0.15) is 12.4 Å². The highest BCUT2D eigenvalue weighted by atomic mass is 16.5. The third-order valence-electron chi connectivity index (χ3n) is 36.0. The number of carbonyl (C=O) groups excluding carboxylic acids is 6. The van der Waals surface area contributed by atoms with Crippen molar-refractivity contribution in [1.29, 1.82) is 0 Å². The van der Waals surface area contributed by atoms with Gasteiger partial charge in [0.2, 0.25) is 0 Å². The molecule has 22 heteroatoms.